The van der Waals surface area contributed by atoms with Crippen LogP contribution in [0.2, 0.25) is 0 Å². The van der Waals surface area contributed by atoms with Gasteiger partial charge < -0.3 is 4.74 Å². The maximum Gasteiger partial charge on any atom is 0.134 e. The summed E-state index contributed by atoms with van der Waals surface area (Å²) in [4.78, 5) is 13.9. The maximum absolute atomic E-state index is 11.5. The van der Waals surface area contributed by atoms with E-state index < -0.39 is 0 Å². The smallest absolute Gasteiger partial charge is 0.134 e. The largest absolute Gasteiger partial charge is 0.379 e. The Morgan fingerprint density at radius 1 is 1.47 bits per heavy atom. The fraction of sp³-hybridized carbons (Fsp3) is 0.917. The number of carbonyl (C=O) groups excluding carboxylic acids is 1. The van der Waals surface area contributed by atoms with E-state index in [1.807, 2.05) is 0 Å². The summed E-state index contributed by atoms with van der Waals surface area (Å²) in [6.45, 7) is 4.27. The van der Waals surface area contributed by atoms with Gasteiger partial charge in [-0.05, 0) is 12.3 Å². The Labute approximate surface area is 91.8 Å². The molecule has 0 bridgehead atoms. The SMILES string of the molecule is CCC1CCC(=O)CC1N1CC(OC)C1. The normalized spacial score (nSPS) is 34.1. The van der Waals surface area contributed by atoms with Crippen LogP contribution in [0, 0.1) is 5.92 Å². The van der Waals surface area contributed by atoms with E-state index in [1.165, 1.54) is 6.42 Å². The summed E-state index contributed by atoms with van der Waals surface area (Å²) in [6.07, 6.45) is 4.27. The Kier molecular flexibility index (Phi) is 3.42. The second kappa shape index (κ2) is 4.62. The van der Waals surface area contributed by atoms with Gasteiger partial charge in [0.25, 0.3) is 0 Å². The van der Waals surface area contributed by atoms with Gasteiger partial charge in [0, 0.05) is 39.1 Å². The van der Waals surface area contributed by atoms with E-state index in [9.17, 15) is 4.79 Å². The predicted octanol–water partition coefficient (Wildman–Crippen LogP) is 1.46. The number of ether oxygens (including phenoxy) is 1. The molecule has 1 aliphatic carbocycles. The third kappa shape index (κ3) is 2.23. The first-order valence-electron chi connectivity index (χ1n) is 6.03. The molecule has 1 aliphatic heterocycles. The Hall–Kier alpha value is -0.410. The third-order valence-electron chi connectivity index (χ3n) is 3.98. The van der Waals surface area contributed by atoms with Gasteiger partial charge in [0.2, 0.25) is 0 Å². The van der Waals surface area contributed by atoms with Crippen LogP contribution in [-0.4, -0.2) is 43.0 Å². The summed E-state index contributed by atoms with van der Waals surface area (Å²) in [7, 11) is 1.77. The molecular weight excluding hydrogens is 190 g/mol. The fourth-order valence-corrected chi connectivity index (χ4v) is 2.83. The van der Waals surface area contributed by atoms with E-state index in [-0.39, 0.29) is 0 Å². The average Bonchev–Trinajstić information content (AvgIpc) is 2.16. The molecular formula is C12H21NO2. The van der Waals surface area contributed by atoms with E-state index in [0.29, 0.717) is 17.9 Å². The summed E-state index contributed by atoms with van der Waals surface area (Å²) in [5.41, 5.74) is 0. The van der Waals surface area contributed by atoms with Crippen LogP contribution >= 0.6 is 0 Å². The zero-order valence-corrected chi connectivity index (χ0v) is 9.74. The molecule has 1 saturated heterocycles. The first-order chi connectivity index (χ1) is 7.24. The van der Waals surface area contributed by atoms with Crippen molar-refractivity contribution in [2.75, 3.05) is 20.2 Å². The summed E-state index contributed by atoms with van der Waals surface area (Å²) in [5, 5.41) is 0. The van der Waals surface area contributed by atoms with Gasteiger partial charge in [-0.15, -0.1) is 0 Å². The van der Waals surface area contributed by atoms with Crippen LogP contribution in [0.3, 0.4) is 0 Å². The molecule has 0 N–H and O–H groups in total. The molecule has 2 atom stereocenters. The van der Waals surface area contributed by atoms with Gasteiger partial charge in [-0.1, -0.05) is 13.3 Å². The van der Waals surface area contributed by atoms with E-state index in [0.717, 1.165) is 38.3 Å². The lowest BCUT2D eigenvalue weighted by molar-refractivity contribution is -0.127. The van der Waals surface area contributed by atoms with Crippen molar-refractivity contribution in [3.63, 3.8) is 0 Å². The molecule has 15 heavy (non-hydrogen) atoms. The molecule has 0 aromatic carbocycles. The lowest BCUT2D eigenvalue weighted by Crippen LogP contribution is -2.59. The van der Waals surface area contributed by atoms with Crippen molar-refractivity contribution in [3.8, 4) is 0 Å². The van der Waals surface area contributed by atoms with E-state index in [1.54, 1.807) is 7.11 Å². The highest BCUT2D eigenvalue weighted by molar-refractivity contribution is 5.79. The van der Waals surface area contributed by atoms with Gasteiger partial charge in [-0.25, -0.2) is 0 Å². The molecule has 0 aromatic heterocycles. The predicted molar refractivity (Wildman–Crippen MR) is 58.8 cm³/mol. The van der Waals surface area contributed by atoms with E-state index in [4.69, 9.17) is 4.74 Å². The molecule has 0 spiro atoms. The van der Waals surface area contributed by atoms with Gasteiger partial charge in [-0.3, -0.25) is 9.69 Å². The number of hydrogen-bond acceptors (Lipinski definition) is 3. The molecule has 3 heteroatoms. The number of likely N-dealkylation sites (tertiary alicyclic amines) is 1. The summed E-state index contributed by atoms with van der Waals surface area (Å²) in [5.74, 6) is 1.17. The average molecular weight is 211 g/mol. The highest BCUT2D eigenvalue weighted by Gasteiger charge is 2.38. The molecule has 1 saturated carbocycles. The van der Waals surface area contributed by atoms with Crippen LogP contribution in [0.4, 0.5) is 0 Å². The van der Waals surface area contributed by atoms with Crippen molar-refractivity contribution in [1.29, 1.82) is 0 Å². The molecule has 2 rings (SSSR count). The molecule has 2 aliphatic rings. The van der Waals surface area contributed by atoms with Crippen LogP contribution < -0.4 is 0 Å². The van der Waals surface area contributed by atoms with Crippen LogP contribution in [-0.2, 0) is 9.53 Å². The molecule has 1 heterocycles. The van der Waals surface area contributed by atoms with Crippen molar-refractivity contribution < 1.29 is 9.53 Å². The molecule has 86 valence electrons. The molecule has 0 aromatic rings. The zero-order valence-electron chi connectivity index (χ0n) is 9.74. The Bertz CT molecular complexity index is 236. The molecule has 0 radical (unpaired) electrons. The minimum atomic E-state index is 0.402. The second-order valence-electron chi connectivity index (χ2n) is 4.83. The van der Waals surface area contributed by atoms with E-state index >= 15 is 0 Å². The number of Topliss-reactive ketones (excluding diaryl/α,β-unsaturated/α-hetero) is 1. The quantitative estimate of drug-likeness (QED) is 0.708. The number of rotatable bonds is 3. The van der Waals surface area contributed by atoms with Crippen LogP contribution in [0.1, 0.15) is 32.6 Å². The van der Waals surface area contributed by atoms with E-state index in [2.05, 4.69) is 11.8 Å². The van der Waals surface area contributed by atoms with Crippen LogP contribution in [0.15, 0.2) is 0 Å². The van der Waals surface area contributed by atoms with Gasteiger partial charge in [0.15, 0.2) is 0 Å². The number of hydrogen-bond donors (Lipinski definition) is 0. The summed E-state index contributed by atoms with van der Waals surface area (Å²) < 4.78 is 5.28. The van der Waals surface area contributed by atoms with Gasteiger partial charge >= 0.3 is 0 Å². The van der Waals surface area contributed by atoms with Crippen LogP contribution in [0.25, 0.3) is 0 Å². The maximum atomic E-state index is 11.5. The number of nitrogens with zero attached hydrogens (tertiary/aromatic N) is 1. The monoisotopic (exact) mass is 211 g/mol. The standard InChI is InChI=1S/C12H21NO2/c1-3-9-4-5-10(14)6-12(9)13-7-11(8-13)15-2/h9,11-12H,3-8H2,1-2H3. The molecule has 2 unspecified atom stereocenters. The molecule has 3 nitrogen and oxygen atoms in total. The van der Waals surface area contributed by atoms with Gasteiger partial charge in [-0.2, -0.15) is 0 Å². The fourth-order valence-electron chi connectivity index (χ4n) is 2.83. The van der Waals surface area contributed by atoms with Crippen molar-refractivity contribution in [1.82, 2.24) is 4.90 Å². The van der Waals surface area contributed by atoms with Crippen molar-refractivity contribution in [2.45, 2.75) is 44.8 Å². The lowest BCUT2D eigenvalue weighted by atomic mass is 9.80. The Morgan fingerprint density at radius 3 is 2.80 bits per heavy atom. The summed E-state index contributed by atoms with van der Waals surface area (Å²) in [6, 6.07) is 0.502. The minimum Gasteiger partial charge on any atom is -0.379 e. The van der Waals surface area contributed by atoms with Gasteiger partial charge in [0.05, 0.1) is 6.10 Å². The Morgan fingerprint density at radius 2 is 2.20 bits per heavy atom. The number of ketones is 1. The zero-order chi connectivity index (χ0) is 10.8. The number of carbonyl (C=O) groups is 1. The highest BCUT2D eigenvalue weighted by atomic mass is 16.5. The first-order valence-corrected chi connectivity index (χ1v) is 6.03. The van der Waals surface area contributed by atoms with Gasteiger partial charge in [0.1, 0.15) is 5.78 Å². The lowest BCUT2D eigenvalue weighted by Gasteiger charge is -2.47. The number of methoxy groups -OCH3 is 1. The summed E-state index contributed by atoms with van der Waals surface area (Å²) >= 11 is 0. The molecule has 2 fully saturated rings. The first kappa shape index (κ1) is 11.1. The second-order valence-corrected chi connectivity index (χ2v) is 4.83. The van der Waals surface area contributed by atoms with Crippen LogP contribution in [0.5, 0.6) is 0 Å². The molecule has 0 amide bonds. The highest BCUT2D eigenvalue weighted by Crippen LogP contribution is 2.31. The Balaban J connectivity index is 1.90. The third-order valence-corrected chi connectivity index (χ3v) is 3.98. The topological polar surface area (TPSA) is 29.5 Å². The van der Waals surface area contributed by atoms with Crippen molar-refractivity contribution >= 4 is 5.78 Å². The van der Waals surface area contributed by atoms with Crippen molar-refractivity contribution in [3.05, 3.63) is 0 Å². The minimum absolute atomic E-state index is 0.402. The van der Waals surface area contributed by atoms with Crippen molar-refractivity contribution in [2.24, 2.45) is 5.92 Å².